The number of ether oxygens (including phenoxy) is 2. The Labute approximate surface area is 204 Å². The average molecular weight is 485 g/mol. The maximum absolute atomic E-state index is 15.6. The van der Waals surface area contributed by atoms with Crippen LogP contribution in [0.3, 0.4) is 0 Å². The molecule has 5 nitrogen and oxygen atoms in total. The van der Waals surface area contributed by atoms with Crippen molar-refractivity contribution in [2.45, 2.75) is 46.1 Å². The number of carbonyl (C=O) groups is 1. The van der Waals surface area contributed by atoms with Gasteiger partial charge >= 0.3 is 5.97 Å². The Balaban J connectivity index is 1.92. The first-order chi connectivity index (χ1) is 16.5. The number of methoxy groups -OCH3 is 1. The van der Waals surface area contributed by atoms with Crippen LogP contribution in [0.25, 0.3) is 11.1 Å². The lowest BCUT2D eigenvalue weighted by atomic mass is 9.82. The van der Waals surface area contributed by atoms with Crippen LogP contribution < -0.4 is 9.47 Å². The molecule has 0 spiro atoms. The SMILES string of the molecule is COc1ccc(F)c(-c2ccc(COc3cccc([C@H](O)CC(=O)O)c3)cc2[C@@H](F)C(C)(C)C)c1. The molecule has 0 aliphatic heterocycles. The maximum atomic E-state index is 15.6. The van der Waals surface area contributed by atoms with Gasteiger partial charge in [-0.25, -0.2) is 8.78 Å². The number of carboxylic acid groups (broad SMARTS) is 1. The highest BCUT2D eigenvalue weighted by Gasteiger charge is 2.29. The van der Waals surface area contributed by atoms with Gasteiger partial charge in [-0.05, 0) is 64.1 Å². The summed E-state index contributed by atoms with van der Waals surface area (Å²) in [5.41, 5.74) is 1.40. The molecule has 0 radical (unpaired) electrons. The molecule has 3 aromatic rings. The summed E-state index contributed by atoms with van der Waals surface area (Å²) in [4.78, 5) is 10.9. The van der Waals surface area contributed by atoms with E-state index in [1.54, 1.807) is 69.3 Å². The maximum Gasteiger partial charge on any atom is 0.306 e. The van der Waals surface area contributed by atoms with E-state index in [0.29, 0.717) is 33.8 Å². The quantitative estimate of drug-likeness (QED) is 0.356. The number of aliphatic hydroxyl groups is 1. The van der Waals surface area contributed by atoms with Crippen LogP contribution in [0.15, 0.2) is 60.7 Å². The molecule has 186 valence electrons. The van der Waals surface area contributed by atoms with Gasteiger partial charge in [-0.3, -0.25) is 4.79 Å². The summed E-state index contributed by atoms with van der Waals surface area (Å²) in [7, 11) is 1.49. The fourth-order valence-electron chi connectivity index (χ4n) is 3.72. The van der Waals surface area contributed by atoms with Gasteiger partial charge in [0.25, 0.3) is 0 Å². The fourth-order valence-corrected chi connectivity index (χ4v) is 3.72. The summed E-state index contributed by atoms with van der Waals surface area (Å²) >= 11 is 0. The van der Waals surface area contributed by atoms with Crippen molar-refractivity contribution < 1.29 is 33.3 Å². The van der Waals surface area contributed by atoms with Crippen LogP contribution >= 0.6 is 0 Å². The van der Waals surface area contributed by atoms with Crippen LogP contribution in [0.1, 0.15) is 56.2 Å². The molecule has 7 heteroatoms. The highest BCUT2D eigenvalue weighted by Crippen LogP contribution is 2.42. The second-order valence-electron chi connectivity index (χ2n) is 9.47. The summed E-state index contributed by atoms with van der Waals surface area (Å²) in [6.45, 7) is 5.44. The second kappa shape index (κ2) is 10.9. The Morgan fingerprint density at radius 3 is 2.40 bits per heavy atom. The predicted molar refractivity (Wildman–Crippen MR) is 130 cm³/mol. The van der Waals surface area contributed by atoms with Gasteiger partial charge in [-0.15, -0.1) is 0 Å². The van der Waals surface area contributed by atoms with E-state index in [0.717, 1.165) is 0 Å². The number of aliphatic hydroxyl groups excluding tert-OH is 1. The van der Waals surface area contributed by atoms with Crippen LogP contribution in [0, 0.1) is 11.2 Å². The van der Waals surface area contributed by atoms with Crippen molar-refractivity contribution in [1.29, 1.82) is 0 Å². The number of aliphatic carboxylic acids is 1. The molecule has 0 unspecified atom stereocenters. The second-order valence-corrected chi connectivity index (χ2v) is 9.47. The van der Waals surface area contributed by atoms with Gasteiger partial charge in [0.05, 0.1) is 19.6 Å². The monoisotopic (exact) mass is 484 g/mol. The molecule has 0 saturated heterocycles. The van der Waals surface area contributed by atoms with Gasteiger partial charge in [-0.1, -0.05) is 45.0 Å². The lowest BCUT2D eigenvalue weighted by Crippen LogP contribution is -2.15. The van der Waals surface area contributed by atoms with E-state index in [1.807, 2.05) is 0 Å². The van der Waals surface area contributed by atoms with Crippen molar-refractivity contribution in [3.05, 3.63) is 83.2 Å². The lowest BCUT2D eigenvalue weighted by molar-refractivity contribution is -0.139. The predicted octanol–water partition coefficient (Wildman–Crippen LogP) is 6.65. The van der Waals surface area contributed by atoms with Crippen molar-refractivity contribution >= 4 is 5.97 Å². The van der Waals surface area contributed by atoms with Gasteiger partial charge in [0.1, 0.15) is 30.1 Å². The van der Waals surface area contributed by atoms with E-state index in [2.05, 4.69) is 0 Å². The van der Waals surface area contributed by atoms with Crippen LogP contribution in [0.2, 0.25) is 0 Å². The molecule has 0 aliphatic carbocycles. The Bertz CT molecular complexity index is 1190. The highest BCUT2D eigenvalue weighted by molar-refractivity contribution is 5.70. The molecule has 2 N–H and O–H groups in total. The van der Waals surface area contributed by atoms with E-state index in [4.69, 9.17) is 14.6 Å². The number of alkyl halides is 1. The molecule has 0 amide bonds. The van der Waals surface area contributed by atoms with Crippen molar-refractivity contribution in [2.75, 3.05) is 7.11 Å². The Morgan fingerprint density at radius 1 is 1.00 bits per heavy atom. The third kappa shape index (κ3) is 6.57. The zero-order valence-electron chi connectivity index (χ0n) is 20.2. The lowest BCUT2D eigenvalue weighted by Gasteiger charge is -2.27. The van der Waals surface area contributed by atoms with Gasteiger partial charge in [0, 0.05) is 5.56 Å². The third-order valence-electron chi connectivity index (χ3n) is 5.63. The third-order valence-corrected chi connectivity index (χ3v) is 5.63. The zero-order valence-corrected chi connectivity index (χ0v) is 20.2. The molecule has 0 heterocycles. The molecule has 0 fully saturated rings. The number of rotatable bonds is 9. The summed E-state index contributed by atoms with van der Waals surface area (Å²) in [5, 5.41) is 18.9. The number of halogens is 2. The van der Waals surface area contributed by atoms with E-state index < -0.39 is 35.9 Å². The minimum absolute atomic E-state index is 0.100. The van der Waals surface area contributed by atoms with Gasteiger partial charge in [0.15, 0.2) is 0 Å². The number of carboxylic acids is 1. The topological polar surface area (TPSA) is 76.0 Å². The Morgan fingerprint density at radius 2 is 1.74 bits per heavy atom. The molecule has 35 heavy (non-hydrogen) atoms. The van der Waals surface area contributed by atoms with Crippen molar-refractivity contribution in [1.82, 2.24) is 0 Å². The molecular weight excluding hydrogens is 454 g/mol. The van der Waals surface area contributed by atoms with Crippen molar-refractivity contribution in [3.8, 4) is 22.6 Å². The molecule has 3 rings (SSSR count). The number of hydrogen-bond acceptors (Lipinski definition) is 4. The largest absolute Gasteiger partial charge is 0.497 e. The molecule has 0 bridgehead atoms. The van der Waals surface area contributed by atoms with Crippen LogP contribution in [0.4, 0.5) is 8.78 Å². The summed E-state index contributed by atoms with van der Waals surface area (Å²) < 4.78 is 41.4. The van der Waals surface area contributed by atoms with Gasteiger partial charge < -0.3 is 19.7 Å². The summed E-state index contributed by atoms with van der Waals surface area (Å²) in [6.07, 6.45) is -2.95. The molecule has 0 aliphatic rings. The minimum Gasteiger partial charge on any atom is -0.497 e. The molecule has 2 atom stereocenters. The van der Waals surface area contributed by atoms with E-state index >= 15 is 4.39 Å². The minimum atomic E-state index is -1.38. The van der Waals surface area contributed by atoms with Crippen molar-refractivity contribution in [2.24, 2.45) is 5.41 Å². The highest BCUT2D eigenvalue weighted by atomic mass is 19.1. The Hall–Kier alpha value is -3.45. The smallest absolute Gasteiger partial charge is 0.306 e. The molecule has 0 aromatic heterocycles. The number of hydrogen-bond donors (Lipinski definition) is 2. The van der Waals surface area contributed by atoms with Gasteiger partial charge in [0.2, 0.25) is 0 Å². The van der Waals surface area contributed by atoms with E-state index in [-0.39, 0.29) is 12.2 Å². The van der Waals surface area contributed by atoms with Crippen LogP contribution in [-0.2, 0) is 11.4 Å². The fraction of sp³-hybridized carbons (Fsp3) is 0.321. The number of benzene rings is 3. The molecular formula is C28H30F2O5. The molecule has 0 saturated carbocycles. The zero-order chi connectivity index (χ0) is 25.8. The van der Waals surface area contributed by atoms with Crippen molar-refractivity contribution in [3.63, 3.8) is 0 Å². The summed E-state index contributed by atoms with van der Waals surface area (Å²) in [6, 6.07) is 16.0. The summed E-state index contributed by atoms with van der Waals surface area (Å²) in [5.74, 6) is -0.683. The standard InChI is InChI=1S/C28H30F2O5/c1-28(2,3)27(30)23-12-17(8-10-21(23)22-14-19(34-4)9-11-24(22)29)16-35-20-7-5-6-18(13-20)25(31)15-26(32)33/h5-14,25,27,31H,15-16H2,1-4H3,(H,32,33)/t25-,27-/m1/s1. The Kier molecular flexibility index (Phi) is 8.12. The normalized spacial score (nSPS) is 13.2. The van der Waals surface area contributed by atoms with E-state index in [9.17, 15) is 14.3 Å². The average Bonchev–Trinajstić information content (AvgIpc) is 2.81. The van der Waals surface area contributed by atoms with Gasteiger partial charge in [-0.2, -0.15) is 0 Å². The first-order valence-corrected chi connectivity index (χ1v) is 11.2. The first kappa shape index (κ1) is 26.2. The van der Waals surface area contributed by atoms with Crippen LogP contribution in [-0.4, -0.2) is 23.3 Å². The first-order valence-electron chi connectivity index (χ1n) is 11.2. The molecule has 3 aromatic carbocycles. The van der Waals surface area contributed by atoms with E-state index in [1.165, 1.54) is 19.2 Å². The van der Waals surface area contributed by atoms with Crippen LogP contribution in [0.5, 0.6) is 11.5 Å².